The number of thioether (sulfide) groups is 1. The second-order valence-electron chi connectivity index (χ2n) is 7.61. The summed E-state index contributed by atoms with van der Waals surface area (Å²) in [5.41, 5.74) is 1.85. The van der Waals surface area contributed by atoms with Crippen LogP contribution in [0.5, 0.6) is 11.5 Å². The first-order valence-electron chi connectivity index (χ1n) is 10.9. The number of carbonyl (C=O) groups excluding carboxylic acids is 2. The van der Waals surface area contributed by atoms with E-state index in [0.717, 1.165) is 11.1 Å². The highest BCUT2D eigenvalue weighted by Gasteiger charge is 2.14. The Kier molecular flexibility index (Phi) is 9.31. The van der Waals surface area contributed by atoms with E-state index < -0.39 is 0 Å². The number of carbonyl (C=O) groups is 2. The van der Waals surface area contributed by atoms with Crippen molar-refractivity contribution in [1.82, 2.24) is 25.4 Å². The quantitative estimate of drug-likeness (QED) is 0.311. The monoisotopic (exact) mass is 495 g/mol. The molecule has 0 aliphatic heterocycles. The van der Waals surface area contributed by atoms with E-state index in [0.29, 0.717) is 22.5 Å². The normalized spacial score (nSPS) is 11.8. The molecule has 0 fully saturated rings. The minimum atomic E-state index is -0.272. The molecule has 0 saturated heterocycles. The second kappa shape index (κ2) is 12.6. The average molecular weight is 496 g/mol. The molecule has 0 radical (unpaired) electrons. The Balaban J connectivity index is 1.48. The van der Waals surface area contributed by atoms with E-state index in [9.17, 15) is 9.59 Å². The van der Waals surface area contributed by atoms with Crippen LogP contribution >= 0.6 is 11.8 Å². The Morgan fingerprint density at radius 1 is 1.09 bits per heavy atom. The fourth-order valence-corrected chi connectivity index (χ4v) is 3.96. The maximum atomic E-state index is 12.3. The number of nitrogens with zero attached hydrogens (tertiary/aromatic N) is 3. The summed E-state index contributed by atoms with van der Waals surface area (Å²) in [6.07, 6.45) is 3.12. The van der Waals surface area contributed by atoms with Crippen LogP contribution in [-0.2, 0) is 23.2 Å². The maximum Gasteiger partial charge on any atom is 0.244 e. The molecular weight excluding hydrogens is 466 g/mol. The van der Waals surface area contributed by atoms with Crippen LogP contribution in [0.1, 0.15) is 29.9 Å². The van der Waals surface area contributed by atoms with Gasteiger partial charge < -0.3 is 24.7 Å². The summed E-state index contributed by atoms with van der Waals surface area (Å²) in [5, 5.41) is 14.6. The van der Waals surface area contributed by atoms with Gasteiger partial charge in [0.05, 0.1) is 32.6 Å². The van der Waals surface area contributed by atoms with Crippen molar-refractivity contribution in [1.29, 1.82) is 0 Å². The first kappa shape index (κ1) is 25.8. The van der Waals surface area contributed by atoms with Crippen molar-refractivity contribution in [2.24, 2.45) is 7.05 Å². The number of hydrogen-bond acceptors (Lipinski definition) is 7. The van der Waals surface area contributed by atoms with Gasteiger partial charge in [-0.05, 0) is 36.3 Å². The van der Waals surface area contributed by atoms with Gasteiger partial charge in [0.15, 0.2) is 22.5 Å². The van der Waals surface area contributed by atoms with Gasteiger partial charge in [-0.25, -0.2) is 0 Å². The minimum Gasteiger partial charge on any atom is -0.493 e. The van der Waals surface area contributed by atoms with E-state index >= 15 is 0 Å². The fourth-order valence-electron chi connectivity index (χ4n) is 3.22. The van der Waals surface area contributed by atoms with Gasteiger partial charge in [0.1, 0.15) is 0 Å². The molecule has 9 nitrogen and oxygen atoms in total. The molecular formula is C25H29N5O4S. The summed E-state index contributed by atoms with van der Waals surface area (Å²) in [6.45, 7) is 2.15. The number of aromatic nitrogens is 3. The number of hydrogen-bond donors (Lipinski definition) is 2. The van der Waals surface area contributed by atoms with E-state index in [-0.39, 0.29) is 30.2 Å². The molecule has 2 N–H and O–H groups in total. The molecule has 10 heteroatoms. The summed E-state index contributed by atoms with van der Waals surface area (Å²) in [6, 6.07) is 15.1. The smallest absolute Gasteiger partial charge is 0.244 e. The summed E-state index contributed by atoms with van der Waals surface area (Å²) >= 11 is 1.29. The van der Waals surface area contributed by atoms with Crippen LogP contribution in [0.2, 0.25) is 0 Å². The van der Waals surface area contributed by atoms with Crippen molar-refractivity contribution in [3.8, 4) is 11.5 Å². The zero-order chi connectivity index (χ0) is 25.2. The Labute approximate surface area is 208 Å². The van der Waals surface area contributed by atoms with Gasteiger partial charge in [-0.2, -0.15) is 0 Å². The van der Waals surface area contributed by atoms with Gasteiger partial charge in [0.2, 0.25) is 11.8 Å². The van der Waals surface area contributed by atoms with Gasteiger partial charge in [-0.15, -0.1) is 10.2 Å². The lowest BCUT2D eigenvalue weighted by molar-refractivity contribution is -0.119. The summed E-state index contributed by atoms with van der Waals surface area (Å²) < 4.78 is 12.3. The molecule has 0 unspecified atom stereocenters. The molecule has 3 rings (SSSR count). The Bertz CT molecular complexity index is 1180. The van der Waals surface area contributed by atoms with Crippen LogP contribution in [0, 0.1) is 0 Å². The van der Waals surface area contributed by atoms with Crippen molar-refractivity contribution in [3.63, 3.8) is 0 Å². The molecule has 0 spiro atoms. The lowest BCUT2D eigenvalue weighted by atomic mass is 10.1. The fraction of sp³-hybridized carbons (Fsp3) is 0.280. The summed E-state index contributed by atoms with van der Waals surface area (Å²) in [4.78, 5) is 24.6. The first-order chi connectivity index (χ1) is 16.9. The third-order valence-electron chi connectivity index (χ3n) is 5.19. The zero-order valence-corrected chi connectivity index (χ0v) is 21.0. The predicted molar refractivity (Wildman–Crippen MR) is 135 cm³/mol. The number of nitrogens with one attached hydrogen (secondary N) is 2. The molecule has 1 atom stereocenters. The molecule has 1 aromatic heterocycles. The van der Waals surface area contributed by atoms with E-state index in [1.807, 2.05) is 43.3 Å². The Morgan fingerprint density at radius 2 is 1.83 bits per heavy atom. The molecule has 2 aromatic carbocycles. The van der Waals surface area contributed by atoms with Crippen LogP contribution in [0.3, 0.4) is 0 Å². The molecule has 0 aliphatic carbocycles. The highest BCUT2D eigenvalue weighted by molar-refractivity contribution is 7.99. The van der Waals surface area contributed by atoms with Gasteiger partial charge in [0.25, 0.3) is 0 Å². The first-order valence-corrected chi connectivity index (χ1v) is 11.9. The second-order valence-corrected chi connectivity index (χ2v) is 8.55. The number of benzene rings is 2. The lowest BCUT2D eigenvalue weighted by Gasteiger charge is -2.14. The van der Waals surface area contributed by atoms with Gasteiger partial charge in [-0.3, -0.25) is 9.59 Å². The van der Waals surface area contributed by atoms with Crippen molar-refractivity contribution >= 4 is 29.7 Å². The number of rotatable bonds is 11. The minimum absolute atomic E-state index is 0.0818. The lowest BCUT2D eigenvalue weighted by Crippen LogP contribution is -2.28. The number of amides is 2. The Morgan fingerprint density at radius 3 is 2.54 bits per heavy atom. The van der Waals surface area contributed by atoms with Crippen molar-refractivity contribution < 1.29 is 19.1 Å². The van der Waals surface area contributed by atoms with Crippen molar-refractivity contribution in [2.75, 3.05) is 20.0 Å². The predicted octanol–water partition coefficient (Wildman–Crippen LogP) is 3.13. The van der Waals surface area contributed by atoms with Crippen LogP contribution < -0.4 is 20.1 Å². The number of methoxy groups -OCH3 is 2. The van der Waals surface area contributed by atoms with Crippen molar-refractivity contribution in [3.05, 3.63) is 71.6 Å². The average Bonchev–Trinajstić information content (AvgIpc) is 3.24. The van der Waals surface area contributed by atoms with Crippen LogP contribution in [0.4, 0.5) is 0 Å². The molecule has 0 bridgehead atoms. The SMILES string of the molecule is COc1ccc(/C=C/C(=O)NCc2nnc(SCC(=O)N[C@H](C)c3ccccc3)n2C)cc1OC. The molecule has 0 aliphatic rings. The molecule has 0 saturated carbocycles. The van der Waals surface area contributed by atoms with Crippen LogP contribution in [0.15, 0.2) is 59.8 Å². The molecule has 1 heterocycles. The third-order valence-corrected chi connectivity index (χ3v) is 6.21. The van der Waals surface area contributed by atoms with Gasteiger partial charge in [-0.1, -0.05) is 48.2 Å². The Hall–Kier alpha value is -3.79. The van der Waals surface area contributed by atoms with Crippen molar-refractivity contribution in [2.45, 2.75) is 24.7 Å². The highest BCUT2D eigenvalue weighted by atomic mass is 32.2. The van der Waals surface area contributed by atoms with Gasteiger partial charge >= 0.3 is 0 Å². The zero-order valence-electron chi connectivity index (χ0n) is 20.1. The van der Waals surface area contributed by atoms with Gasteiger partial charge in [0, 0.05) is 13.1 Å². The summed E-state index contributed by atoms with van der Waals surface area (Å²) in [7, 11) is 4.93. The topological polar surface area (TPSA) is 107 Å². The van der Waals surface area contributed by atoms with Crippen LogP contribution in [0.25, 0.3) is 6.08 Å². The largest absolute Gasteiger partial charge is 0.493 e. The molecule has 3 aromatic rings. The number of ether oxygens (including phenoxy) is 2. The maximum absolute atomic E-state index is 12.3. The van der Waals surface area contributed by atoms with Crippen LogP contribution in [-0.4, -0.2) is 46.6 Å². The van der Waals surface area contributed by atoms with E-state index in [1.54, 1.807) is 44.0 Å². The highest BCUT2D eigenvalue weighted by Crippen LogP contribution is 2.28. The summed E-state index contributed by atoms with van der Waals surface area (Å²) in [5.74, 6) is 1.63. The third kappa shape index (κ3) is 7.35. The molecule has 2 amide bonds. The van der Waals surface area contributed by atoms with E-state index in [4.69, 9.17) is 9.47 Å². The molecule has 35 heavy (non-hydrogen) atoms. The van der Waals surface area contributed by atoms with E-state index in [2.05, 4.69) is 20.8 Å². The van der Waals surface area contributed by atoms with E-state index in [1.165, 1.54) is 17.8 Å². The molecule has 184 valence electrons. The standard InChI is InChI=1S/C25H29N5O4S/c1-17(19-8-6-5-7-9-19)27-24(32)16-35-25-29-28-22(30(25)2)15-26-23(31)13-11-18-10-12-20(33-3)21(14-18)34-4/h5-14,17H,15-16H2,1-4H3,(H,26,31)(H,27,32)/b13-11+/t17-/m1/s1.